The van der Waals surface area contributed by atoms with Crippen LogP contribution in [-0.2, 0) is 14.2 Å². The highest BCUT2D eigenvalue weighted by molar-refractivity contribution is 6.33. The van der Waals surface area contributed by atoms with E-state index in [0.717, 1.165) is 0 Å². The summed E-state index contributed by atoms with van der Waals surface area (Å²) < 4.78 is 28.8. The molecular weight excluding hydrogens is 273 g/mol. The molecule has 0 aromatic heterocycles. The first-order valence-corrected chi connectivity index (χ1v) is 6.46. The van der Waals surface area contributed by atoms with Crippen LogP contribution in [0, 0.1) is 5.82 Å². The quantitative estimate of drug-likeness (QED) is 0.673. The second-order valence-electron chi connectivity index (χ2n) is 3.74. The molecule has 19 heavy (non-hydrogen) atoms. The molecule has 0 heterocycles. The summed E-state index contributed by atoms with van der Waals surface area (Å²) >= 11 is 5.87. The van der Waals surface area contributed by atoms with Gasteiger partial charge in [-0.3, -0.25) is 0 Å². The van der Waals surface area contributed by atoms with Crippen molar-refractivity contribution in [1.82, 2.24) is 0 Å². The van der Waals surface area contributed by atoms with Crippen molar-refractivity contribution < 1.29 is 18.6 Å². The van der Waals surface area contributed by atoms with Crippen molar-refractivity contribution in [3.05, 3.63) is 29.0 Å². The first-order chi connectivity index (χ1) is 9.25. The molecule has 0 spiro atoms. The fourth-order valence-corrected chi connectivity index (χ4v) is 1.61. The first kappa shape index (κ1) is 16.2. The minimum Gasteiger partial charge on any atom is -0.382 e. The molecule has 0 unspecified atom stereocenters. The lowest BCUT2D eigenvalue weighted by Gasteiger charge is -2.10. The number of methoxy groups -OCH3 is 1. The Morgan fingerprint density at radius 1 is 1.11 bits per heavy atom. The van der Waals surface area contributed by atoms with Crippen LogP contribution in [0.2, 0.25) is 5.02 Å². The van der Waals surface area contributed by atoms with Gasteiger partial charge in [0.2, 0.25) is 0 Å². The molecule has 0 aliphatic carbocycles. The van der Waals surface area contributed by atoms with E-state index in [9.17, 15) is 4.39 Å². The number of nitrogens with one attached hydrogen (secondary N) is 1. The van der Waals surface area contributed by atoms with Crippen LogP contribution in [0.5, 0.6) is 0 Å². The van der Waals surface area contributed by atoms with E-state index < -0.39 is 0 Å². The monoisotopic (exact) mass is 291 g/mol. The smallest absolute Gasteiger partial charge is 0.147 e. The largest absolute Gasteiger partial charge is 0.382 e. The third-order valence-corrected chi connectivity index (χ3v) is 2.63. The zero-order valence-electron chi connectivity index (χ0n) is 11.0. The Morgan fingerprint density at radius 3 is 2.47 bits per heavy atom. The van der Waals surface area contributed by atoms with Crippen molar-refractivity contribution in [1.29, 1.82) is 0 Å². The summed E-state index contributed by atoms with van der Waals surface area (Å²) in [6.07, 6.45) is 0. The van der Waals surface area contributed by atoms with Crippen LogP contribution >= 0.6 is 11.6 Å². The molecule has 1 aromatic carbocycles. The van der Waals surface area contributed by atoms with Gasteiger partial charge < -0.3 is 19.5 Å². The van der Waals surface area contributed by atoms with Gasteiger partial charge in [0.1, 0.15) is 5.82 Å². The molecule has 0 aliphatic heterocycles. The van der Waals surface area contributed by atoms with E-state index in [-0.39, 0.29) is 5.82 Å². The van der Waals surface area contributed by atoms with E-state index in [2.05, 4.69) is 5.32 Å². The molecule has 0 aliphatic rings. The average Bonchev–Trinajstić information content (AvgIpc) is 2.40. The topological polar surface area (TPSA) is 39.7 Å². The Kier molecular flexibility index (Phi) is 8.49. The predicted octanol–water partition coefficient (Wildman–Crippen LogP) is 2.57. The Hall–Kier alpha value is -0.880. The van der Waals surface area contributed by atoms with Crippen LogP contribution in [0.4, 0.5) is 10.1 Å². The van der Waals surface area contributed by atoms with Gasteiger partial charge >= 0.3 is 0 Å². The molecule has 1 aromatic rings. The molecule has 0 atom stereocenters. The Labute approximate surface area is 117 Å². The van der Waals surface area contributed by atoms with Crippen molar-refractivity contribution >= 4 is 17.3 Å². The molecule has 0 fully saturated rings. The van der Waals surface area contributed by atoms with Crippen molar-refractivity contribution in [3.63, 3.8) is 0 Å². The lowest BCUT2D eigenvalue weighted by atomic mass is 10.3. The van der Waals surface area contributed by atoms with Crippen molar-refractivity contribution in [2.75, 3.05) is 52.0 Å². The number of rotatable bonds is 10. The van der Waals surface area contributed by atoms with Gasteiger partial charge in [-0.2, -0.15) is 0 Å². The summed E-state index contributed by atoms with van der Waals surface area (Å²) in [4.78, 5) is 0. The molecule has 0 bridgehead atoms. The fourth-order valence-electron chi connectivity index (χ4n) is 1.38. The molecule has 0 radical (unpaired) electrons. The van der Waals surface area contributed by atoms with Gasteiger partial charge in [0.25, 0.3) is 0 Å². The number of hydrogen-bond acceptors (Lipinski definition) is 4. The third kappa shape index (κ3) is 6.73. The molecular formula is C13H19ClFNO3. The van der Waals surface area contributed by atoms with Crippen LogP contribution in [0.15, 0.2) is 18.2 Å². The van der Waals surface area contributed by atoms with Crippen molar-refractivity contribution in [2.24, 2.45) is 0 Å². The van der Waals surface area contributed by atoms with Gasteiger partial charge in [-0.05, 0) is 12.1 Å². The normalized spacial score (nSPS) is 10.7. The zero-order chi connectivity index (χ0) is 13.9. The number of ether oxygens (including phenoxy) is 3. The lowest BCUT2D eigenvalue weighted by Crippen LogP contribution is -2.14. The summed E-state index contributed by atoms with van der Waals surface area (Å²) in [6, 6.07) is 4.56. The number of para-hydroxylation sites is 1. The van der Waals surface area contributed by atoms with Crippen LogP contribution in [0.25, 0.3) is 0 Å². The van der Waals surface area contributed by atoms with Gasteiger partial charge in [0.15, 0.2) is 0 Å². The number of benzene rings is 1. The molecule has 0 amide bonds. The minimum absolute atomic E-state index is 0.309. The maximum Gasteiger partial charge on any atom is 0.147 e. The Morgan fingerprint density at radius 2 is 1.79 bits per heavy atom. The molecule has 0 saturated carbocycles. The second-order valence-corrected chi connectivity index (χ2v) is 4.15. The second kappa shape index (κ2) is 9.97. The molecule has 4 nitrogen and oxygen atoms in total. The van der Waals surface area contributed by atoms with Crippen LogP contribution in [-0.4, -0.2) is 46.7 Å². The molecule has 108 valence electrons. The van der Waals surface area contributed by atoms with Crippen LogP contribution < -0.4 is 5.32 Å². The summed E-state index contributed by atoms with van der Waals surface area (Å²) in [5.74, 6) is -0.365. The summed E-state index contributed by atoms with van der Waals surface area (Å²) in [6.45, 7) is 3.09. The maximum atomic E-state index is 13.4. The standard InChI is InChI=1S/C13H19ClFNO3/c1-17-7-8-19-10-9-18-6-5-16-13-11(14)3-2-4-12(13)15/h2-4,16H,5-10H2,1H3. The van der Waals surface area contributed by atoms with E-state index in [4.69, 9.17) is 25.8 Å². The molecule has 1 rings (SSSR count). The van der Waals surface area contributed by atoms with Crippen LogP contribution in [0.3, 0.4) is 0 Å². The molecule has 1 N–H and O–H groups in total. The van der Waals surface area contributed by atoms with Gasteiger partial charge in [0, 0.05) is 13.7 Å². The van der Waals surface area contributed by atoms with E-state index in [0.29, 0.717) is 50.3 Å². The highest BCUT2D eigenvalue weighted by atomic mass is 35.5. The first-order valence-electron chi connectivity index (χ1n) is 6.08. The summed E-state index contributed by atoms with van der Waals surface area (Å²) in [7, 11) is 1.62. The van der Waals surface area contributed by atoms with Gasteiger partial charge in [-0.15, -0.1) is 0 Å². The van der Waals surface area contributed by atoms with Crippen molar-refractivity contribution in [3.8, 4) is 0 Å². The predicted molar refractivity (Wildman–Crippen MR) is 73.4 cm³/mol. The van der Waals surface area contributed by atoms with Gasteiger partial charge in [0.05, 0.1) is 43.7 Å². The Bertz CT molecular complexity index is 345. The van der Waals surface area contributed by atoms with Gasteiger partial charge in [-0.1, -0.05) is 17.7 Å². The minimum atomic E-state index is -0.365. The molecule has 0 saturated heterocycles. The lowest BCUT2D eigenvalue weighted by molar-refractivity contribution is 0.0272. The summed E-state index contributed by atoms with van der Waals surface area (Å²) in [5, 5.41) is 3.26. The SMILES string of the molecule is COCCOCCOCCNc1c(F)cccc1Cl. The number of halogens is 2. The summed E-state index contributed by atoms with van der Waals surface area (Å²) in [5.41, 5.74) is 0.309. The van der Waals surface area contributed by atoms with Crippen molar-refractivity contribution in [2.45, 2.75) is 0 Å². The van der Waals surface area contributed by atoms with E-state index in [1.54, 1.807) is 19.2 Å². The zero-order valence-corrected chi connectivity index (χ0v) is 11.7. The molecule has 6 heteroatoms. The van der Waals surface area contributed by atoms with E-state index in [1.165, 1.54) is 6.07 Å². The van der Waals surface area contributed by atoms with E-state index in [1.807, 2.05) is 0 Å². The van der Waals surface area contributed by atoms with Crippen LogP contribution in [0.1, 0.15) is 0 Å². The third-order valence-electron chi connectivity index (χ3n) is 2.31. The average molecular weight is 292 g/mol. The maximum absolute atomic E-state index is 13.4. The Balaban J connectivity index is 2.05. The highest BCUT2D eigenvalue weighted by Crippen LogP contribution is 2.23. The number of hydrogen-bond donors (Lipinski definition) is 1. The van der Waals surface area contributed by atoms with Gasteiger partial charge in [-0.25, -0.2) is 4.39 Å². The number of anilines is 1. The van der Waals surface area contributed by atoms with E-state index >= 15 is 0 Å². The highest BCUT2D eigenvalue weighted by Gasteiger charge is 2.04. The fraction of sp³-hybridized carbons (Fsp3) is 0.538.